The summed E-state index contributed by atoms with van der Waals surface area (Å²) in [5.41, 5.74) is 1.02. The fraction of sp³-hybridized carbons (Fsp3) is 0.600. The van der Waals surface area contributed by atoms with Crippen LogP contribution >= 0.6 is 0 Å². The zero-order valence-electron chi connectivity index (χ0n) is 13.5. The van der Waals surface area contributed by atoms with Crippen LogP contribution in [0.4, 0.5) is 0 Å². The first-order chi connectivity index (χ1) is 10.6. The Morgan fingerprint density at radius 3 is 2.17 bits per heavy atom. The summed E-state index contributed by atoms with van der Waals surface area (Å²) >= 11 is 0. The molecule has 1 aliphatic rings. The SMILES string of the molecule is CCN([C@H]1CS(=O)(=O)C[C@H]1O)S(=O)(=O)c1ccc(C(C)C)cc1. The second-order valence-corrected chi connectivity index (χ2v) is 10.2. The van der Waals surface area contributed by atoms with Crippen LogP contribution in [0.25, 0.3) is 0 Å². The third-order valence-corrected chi connectivity index (χ3v) is 7.84. The van der Waals surface area contributed by atoms with Crippen LogP contribution in [0.1, 0.15) is 32.3 Å². The molecule has 1 aromatic carbocycles. The van der Waals surface area contributed by atoms with Crippen LogP contribution in [0.3, 0.4) is 0 Å². The third-order valence-electron chi connectivity index (χ3n) is 4.13. The van der Waals surface area contributed by atoms with Gasteiger partial charge in [0.15, 0.2) is 9.84 Å². The quantitative estimate of drug-likeness (QED) is 0.844. The van der Waals surface area contributed by atoms with Crippen molar-refractivity contribution in [2.75, 3.05) is 18.1 Å². The summed E-state index contributed by atoms with van der Waals surface area (Å²) in [5.74, 6) is -0.447. The van der Waals surface area contributed by atoms with E-state index in [0.29, 0.717) is 0 Å². The van der Waals surface area contributed by atoms with Crippen molar-refractivity contribution in [2.24, 2.45) is 0 Å². The second-order valence-electron chi connectivity index (χ2n) is 6.14. The lowest BCUT2D eigenvalue weighted by molar-refractivity contribution is 0.130. The van der Waals surface area contributed by atoms with E-state index in [1.54, 1.807) is 19.1 Å². The van der Waals surface area contributed by atoms with E-state index >= 15 is 0 Å². The average Bonchev–Trinajstić information content (AvgIpc) is 2.72. The lowest BCUT2D eigenvalue weighted by Crippen LogP contribution is -2.46. The summed E-state index contributed by atoms with van der Waals surface area (Å²) in [5, 5.41) is 9.97. The van der Waals surface area contributed by atoms with Crippen molar-refractivity contribution in [3.05, 3.63) is 29.8 Å². The first-order valence-electron chi connectivity index (χ1n) is 7.59. The Morgan fingerprint density at radius 1 is 1.22 bits per heavy atom. The average molecular weight is 361 g/mol. The molecule has 1 saturated heterocycles. The van der Waals surface area contributed by atoms with E-state index in [2.05, 4.69) is 0 Å². The Balaban J connectivity index is 2.36. The molecule has 0 aromatic heterocycles. The largest absolute Gasteiger partial charge is 0.390 e. The van der Waals surface area contributed by atoms with Crippen molar-refractivity contribution < 1.29 is 21.9 Å². The predicted octanol–water partition coefficient (Wildman–Crippen LogP) is 0.978. The summed E-state index contributed by atoms with van der Waals surface area (Å²) in [6.07, 6.45) is -1.19. The van der Waals surface area contributed by atoms with Crippen molar-refractivity contribution in [2.45, 2.75) is 43.7 Å². The minimum atomic E-state index is -3.85. The molecule has 2 atom stereocenters. The van der Waals surface area contributed by atoms with Crippen LogP contribution in [0.5, 0.6) is 0 Å². The topological polar surface area (TPSA) is 91.8 Å². The fourth-order valence-electron chi connectivity index (χ4n) is 2.83. The fourth-order valence-corrected chi connectivity index (χ4v) is 6.39. The van der Waals surface area contributed by atoms with Gasteiger partial charge in [-0.05, 0) is 23.6 Å². The van der Waals surface area contributed by atoms with Gasteiger partial charge in [0, 0.05) is 6.54 Å². The molecule has 0 spiro atoms. The van der Waals surface area contributed by atoms with Crippen LogP contribution < -0.4 is 0 Å². The standard InChI is InChI=1S/C15H23NO5S2/c1-4-16(14-9-22(18,19)10-15(14)17)23(20,21)13-7-5-12(6-8-13)11(2)3/h5-8,11,14-15,17H,4,9-10H2,1-3H3/t14-,15+/m0/s1. The van der Waals surface area contributed by atoms with Crippen molar-refractivity contribution in [1.82, 2.24) is 4.31 Å². The number of aliphatic hydroxyl groups is 1. The van der Waals surface area contributed by atoms with E-state index in [4.69, 9.17) is 0 Å². The van der Waals surface area contributed by atoms with Crippen LogP contribution in [0.2, 0.25) is 0 Å². The zero-order valence-corrected chi connectivity index (χ0v) is 15.1. The number of hydrogen-bond donors (Lipinski definition) is 1. The van der Waals surface area contributed by atoms with Crippen LogP contribution in [0, 0.1) is 0 Å². The van der Waals surface area contributed by atoms with E-state index in [9.17, 15) is 21.9 Å². The lowest BCUT2D eigenvalue weighted by atomic mass is 10.0. The maximum atomic E-state index is 12.8. The molecular weight excluding hydrogens is 338 g/mol. The van der Waals surface area contributed by atoms with Gasteiger partial charge in [-0.1, -0.05) is 32.9 Å². The molecule has 2 rings (SSSR count). The maximum Gasteiger partial charge on any atom is 0.243 e. The zero-order chi connectivity index (χ0) is 17.4. The van der Waals surface area contributed by atoms with Crippen LogP contribution in [-0.4, -0.2) is 56.4 Å². The molecule has 1 heterocycles. The number of benzene rings is 1. The van der Waals surface area contributed by atoms with Gasteiger partial charge in [0.05, 0.1) is 28.5 Å². The first-order valence-corrected chi connectivity index (χ1v) is 10.8. The minimum absolute atomic E-state index is 0.103. The highest BCUT2D eigenvalue weighted by molar-refractivity contribution is 7.92. The first kappa shape index (κ1) is 18.4. The normalized spacial score (nSPS) is 24.4. The van der Waals surface area contributed by atoms with Gasteiger partial charge < -0.3 is 5.11 Å². The molecule has 130 valence electrons. The molecule has 6 nitrogen and oxygen atoms in total. The molecule has 23 heavy (non-hydrogen) atoms. The van der Waals surface area contributed by atoms with Gasteiger partial charge in [-0.15, -0.1) is 0 Å². The van der Waals surface area contributed by atoms with E-state index in [0.717, 1.165) is 9.87 Å². The summed E-state index contributed by atoms with van der Waals surface area (Å²) in [7, 11) is -7.27. The third kappa shape index (κ3) is 3.76. The molecule has 0 unspecified atom stereocenters. The molecule has 0 aliphatic carbocycles. The molecule has 1 N–H and O–H groups in total. The Morgan fingerprint density at radius 2 is 1.78 bits per heavy atom. The molecular formula is C15H23NO5S2. The molecule has 0 bridgehead atoms. The Bertz CT molecular complexity index is 754. The summed E-state index contributed by atoms with van der Waals surface area (Å²) in [4.78, 5) is 0.111. The van der Waals surface area contributed by atoms with Gasteiger partial charge in [0.1, 0.15) is 0 Å². The monoisotopic (exact) mass is 361 g/mol. The van der Waals surface area contributed by atoms with Gasteiger partial charge in [-0.25, -0.2) is 16.8 Å². The summed E-state index contributed by atoms with van der Waals surface area (Å²) in [6, 6.07) is 5.65. The smallest absolute Gasteiger partial charge is 0.243 e. The van der Waals surface area contributed by atoms with Gasteiger partial charge >= 0.3 is 0 Å². The highest BCUT2D eigenvalue weighted by atomic mass is 32.2. The maximum absolute atomic E-state index is 12.8. The van der Waals surface area contributed by atoms with E-state index in [1.165, 1.54) is 12.1 Å². The van der Waals surface area contributed by atoms with Gasteiger partial charge in [0.25, 0.3) is 0 Å². The van der Waals surface area contributed by atoms with Gasteiger partial charge in [-0.2, -0.15) is 4.31 Å². The van der Waals surface area contributed by atoms with Crippen LogP contribution in [-0.2, 0) is 19.9 Å². The van der Waals surface area contributed by atoms with Gasteiger partial charge in [-0.3, -0.25) is 0 Å². The number of rotatable bonds is 5. The molecule has 1 aromatic rings. The number of likely N-dealkylation sites (N-methyl/N-ethyl adjacent to an activating group) is 1. The molecule has 0 amide bonds. The summed E-state index contributed by atoms with van der Waals surface area (Å²) in [6.45, 7) is 5.77. The molecule has 1 fully saturated rings. The molecule has 0 radical (unpaired) electrons. The van der Waals surface area contributed by atoms with Crippen molar-refractivity contribution >= 4 is 19.9 Å². The van der Waals surface area contributed by atoms with Crippen molar-refractivity contribution in [1.29, 1.82) is 0 Å². The minimum Gasteiger partial charge on any atom is -0.390 e. The lowest BCUT2D eigenvalue weighted by Gasteiger charge is -2.28. The number of sulfonamides is 1. The van der Waals surface area contributed by atoms with E-state index in [-0.39, 0.29) is 23.1 Å². The number of aliphatic hydroxyl groups excluding tert-OH is 1. The number of sulfone groups is 1. The van der Waals surface area contributed by atoms with Crippen molar-refractivity contribution in [3.8, 4) is 0 Å². The van der Waals surface area contributed by atoms with E-state index in [1.807, 2.05) is 13.8 Å². The Hall–Kier alpha value is -0.960. The van der Waals surface area contributed by atoms with Crippen molar-refractivity contribution in [3.63, 3.8) is 0 Å². The highest BCUT2D eigenvalue weighted by Crippen LogP contribution is 2.26. The molecule has 1 aliphatic heterocycles. The Kier molecular flexibility index (Phi) is 5.20. The second kappa shape index (κ2) is 6.51. The molecule has 8 heteroatoms. The predicted molar refractivity (Wildman–Crippen MR) is 88.5 cm³/mol. The van der Waals surface area contributed by atoms with E-state index < -0.39 is 37.8 Å². The van der Waals surface area contributed by atoms with Crippen LogP contribution in [0.15, 0.2) is 29.2 Å². The molecule has 0 saturated carbocycles. The number of hydrogen-bond acceptors (Lipinski definition) is 5. The summed E-state index contributed by atoms with van der Waals surface area (Å²) < 4.78 is 50.1. The Labute approximate surface area is 138 Å². The van der Waals surface area contributed by atoms with Gasteiger partial charge in [0.2, 0.25) is 10.0 Å². The number of nitrogens with zero attached hydrogens (tertiary/aromatic N) is 1. The highest BCUT2D eigenvalue weighted by Gasteiger charge is 2.44.